The number of pyridine rings is 1. The molecule has 1 aromatic heterocycles. The number of rotatable bonds is 5. The lowest BCUT2D eigenvalue weighted by molar-refractivity contribution is 0.102. The molecule has 0 saturated heterocycles. The Kier molecular flexibility index (Phi) is 5.10. The van der Waals surface area contributed by atoms with E-state index in [1.54, 1.807) is 37.4 Å². The van der Waals surface area contributed by atoms with Gasteiger partial charge in [0.1, 0.15) is 5.82 Å². The second-order valence-corrected chi connectivity index (χ2v) is 5.04. The molecule has 0 atom stereocenters. The number of benzene rings is 1. The number of hydrogen-bond donors (Lipinski definition) is 2. The minimum Gasteiger partial charge on any atom is -0.373 e. The third-order valence-electron chi connectivity index (χ3n) is 2.63. The average Bonchev–Trinajstić information content (AvgIpc) is 2.48. The molecule has 0 radical (unpaired) electrons. The van der Waals surface area contributed by atoms with Gasteiger partial charge in [-0.3, -0.25) is 4.79 Å². The molecule has 2 N–H and O–H groups in total. The summed E-state index contributed by atoms with van der Waals surface area (Å²) in [5.74, 6) is -2.37. The minimum absolute atomic E-state index is 0.323. The maximum atomic E-state index is 12.5. The van der Waals surface area contributed by atoms with Crippen LogP contribution < -0.4 is 10.6 Å². The van der Waals surface area contributed by atoms with Crippen molar-refractivity contribution in [1.82, 2.24) is 4.98 Å². The van der Waals surface area contributed by atoms with Crippen molar-refractivity contribution < 1.29 is 13.6 Å². The quantitative estimate of drug-likeness (QED) is 0.827. The summed E-state index contributed by atoms with van der Waals surface area (Å²) in [5, 5.41) is 5.46. The third-order valence-corrected chi connectivity index (χ3v) is 3.42. The van der Waals surface area contributed by atoms with Crippen LogP contribution in [0.15, 0.2) is 47.5 Å². The molecule has 0 fully saturated rings. The van der Waals surface area contributed by atoms with E-state index in [-0.39, 0.29) is 5.91 Å². The zero-order chi connectivity index (χ0) is 15.2. The van der Waals surface area contributed by atoms with Crippen LogP contribution in [0.5, 0.6) is 0 Å². The lowest BCUT2D eigenvalue weighted by Gasteiger charge is -2.10. The van der Waals surface area contributed by atoms with E-state index < -0.39 is 5.76 Å². The van der Waals surface area contributed by atoms with E-state index in [0.717, 1.165) is 0 Å². The Balaban J connectivity index is 2.19. The smallest absolute Gasteiger partial charge is 0.288 e. The second kappa shape index (κ2) is 7.03. The van der Waals surface area contributed by atoms with Gasteiger partial charge in [0.15, 0.2) is 0 Å². The summed E-state index contributed by atoms with van der Waals surface area (Å²) in [6.45, 7) is 0. The van der Waals surface area contributed by atoms with Gasteiger partial charge in [-0.1, -0.05) is 23.9 Å². The minimum atomic E-state index is -2.54. The van der Waals surface area contributed by atoms with Crippen molar-refractivity contribution in [2.24, 2.45) is 0 Å². The fourth-order valence-corrected chi connectivity index (χ4v) is 2.27. The number of nitrogens with one attached hydrogen (secondary N) is 2. The summed E-state index contributed by atoms with van der Waals surface area (Å²) in [6.07, 6.45) is 1.50. The number of para-hydroxylation sites is 1. The Bertz CT molecular complexity index is 637. The van der Waals surface area contributed by atoms with Gasteiger partial charge in [0.05, 0.1) is 5.69 Å². The fraction of sp³-hybridized carbons (Fsp3) is 0.143. The maximum Gasteiger partial charge on any atom is 0.288 e. The highest BCUT2D eigenvalue weighted by atomic mass is 32.2. The molecule has 4 nitrogen and oxygen atoms in total. The van der Waals surface area contributed by atoms with Crippen LogP contribution in [-0.2, 0) is 0 Å². The summed E-state index contributed by atoms with van der Waals surface area (Å²) in [7, 11) is 1.69. The van der Waals surface area contributed by atoms with Crippen molar-refractivity contribution in [2.75, 3.05) is 17.7 Å². The number of carbonyl (C=O) groups is 1. The largest absolute Gasteiger partial charge is 0.373 e. The number of anilines is 2. The Morgan fingerprint density at radius 2 is 2.05 bits per heavy atom. The van der Waals surface area contributed by atoms with Gasteiger partial charge < -0.3 is 10.6 Å². The van der Waals surface area contributed by atoms with Crippen molar-refractivity contribution in [3.8, 4) is 0 Å². The highest BCUT2D eigenvalue weighted by Gasteiger charge is 2.13. The van der Waals surface area contributed by atoms with Crippen molar-refractivity contribution in [3.63, 3.8) is 0 Å². The van der Waals surface area contributed by atoms with Gasteiger partial charge in [-0.2, -0.15) is 8.78 Å². The summed E-state index contributed by atoms with van der Waals surface area (Å²) in [4.78, 5) is 16.5. The number of thioether (sulfide) groups is 1. The average molecular weight is 309 g/mol. The first-order valence-corrected chi connectivity index (χ1v) is 6.97. The highest BCUT2D eigenvalue weighted by molar-refractivity contribution is 7.99. The molecule has 110 valence electrons. The molecular formula is C14H13F2N3OS. The molecule has 1 heterocycles. The Hall–Kier alpha value is -2.15. The molecule has 0 saturated carbocycles. The van der Waals surface area contributed by atoms with Crippen LogP contribution in [0.25, 0.3) is 0 Å². The SMILES string of the molecule is CNc1cc(C(=O)Nc2ccccc2SC(F)F)ccn1. The molecule has 1 amide bonds. The van der Waals surface area contributed by atoms with Gasteiger partial charge >= 0.3 is 0 Å². The van der Waals surface area contributed by atoms with Crippen LogP contribution in [0.4, 0.5) is 20.3 Å². The summed E-state index contributed by atoms with van der Waals surface area (Å²) < 4.78 is 25.0. The molecule has 2 rings (SSSR count). The predicted molar refractivity (Wildman–Crippen MR) is 80.0 cm³/mol. The van der Waals surface area contributed by atoms with E-state index in [1.807, 2.05) is 0 Å². The Labute approximate surface area is 125 Å². The van der Waals surface area contributed by atoms with Crippen molar-refractivity contribution in [3.05, 3.63) is 48.2 Å². The molecule has 0 aliphatic rings. The van der Waals surface area contributed by atoms with E-state index in [9.17, 15) is 13.6 Å². The molecule has 7 heteroatoms. The number of alkyl halides is 2. The van der Waals surface area contributed by atoms with Gasteiger partial charge in [0, 0.05) is 23.7 Å². The number of carbonyl (C=O) groups excluding carboxylic acids is 1. The van der Waals surface area contributed by atoms with Crippen molar-refractivity contribution in [1.29, 1.82) is 0 Å². The van der Waals surface area contributed by atoms with Crippen molar-refractivity contribution in [2.45, 2.75) is 10.7 Å². The zero-order valence-electron chi connectivity index (χ0n) is 11.1. The molecule has 1 aromatic carbocycles. The normalized spacial score (nSPS) is 10.5. The summed E-state index contributed by atoms with van der Waals surface area (Å²) in [5.41, 5.74) is 0.752. The highest BCUT2D eigenvalue weighted by Crippen LogP contribution is 2.31. The molecule has 0 spiro atoms. The van der Waals surface area contributed by atoms with Gasteiger partial charge in [0.2, 0.25) is 0 Å². The zero-order valence-corrected chi connectivity index (χ0v) is 12.0. The van der Waals surface area contributed by atoms with Crippen molar-refractivity contribution >= 4 is 29.2 Å². The number of hydrogen-bond acceptors (Lipinski definition) is 4. The molecule has 2 aromatic rings. The Morgan fingerprint density at radius 3 is 2.76 bits per heavy atom. The van der Waals surface area contributed by atoms with Crippen LogP contribution in [0.3, 0.4) is 0 Å². The van der Waals surface area contributed by atoms with E-state index in [1.165, 1.54) is 12.3 Å². The predicted octanol–water partition coefficient (Wildman–Crippen LogP) is 3.69. The van der Waals surface area contributed by atoms with Crippen LogP contribution in [0, 0.1) is 0 Å². The van der Waals surface area contributed by atoms with E-state index in [4.69, 9.17) is 0 Å². The molecular weight excluding hydrogens is 296 g/mol. The summed E-state index contributed by atoms with van der Waals surface area (Å²) >= 11 is 0.397. The molecule has 0 bridgehead atoms. The van der Waals surface area contributed by atoms with Crippen LogP contribution in [0.1, 0.15) is 10.4 Å². The maximum absolute atomic E-state index is 12.5. The van der Waals surface area contributed by atoms with E-state index >= 15 is 0 Å². The number of halogens is 2. The van der Waals surface area contributed by atoms with Gasteiger partial charge in [-0.15, -0.1) is 0 Å². The molecule has 0 aliphatic carbocycles. The van der Waals surface area contributed by atoms with Gasteiger partial charge in [-0.25, -0.2) is 4.98 Å². The van der Waals surface area contributed by atoms with E-state index in [0.29, 0.717) is 33.7 Å². The van der Waals surface area contributed by atoms with Gasteiger partial charge in [-0.05, 0) is 24.3 Å². The van der Waals surface area contributed by atoms with Crippen LogP contribution in [0.2, 0.25) is 0 Å². The lowest BCUT2D eigenvalue weighted by Crippen LogP contribution is -2.13. The topological polar surface area (TPSA) is 54.0 Å². The monoisotopic (exact) mass is 309 g/mol. The first-order valence-electron chi connectivity index (χ1n) is 6.09. The second-order valence-electron chi connectivity index (χ2n) is 4.01. The molecule has 0 aliphatic heterocycles. The third kappa shape index (κ3) is 4.16. The number of amides is 1. The Morgan fingerprint density at radius 1 is 1.29 bits per heavy atom. The number of aromatic nitrogens is 1. The van der Waals surface area contributed by atoms with Crippen LogP contribution in [-0.4, -0.2) is 23.7 Å². The lowest BCUT2D eigenvalue weighted by atomic mass is 10.2. The van der Waals surface area contributed by atoms with Crippen LogP contribution >= 0.6 is 11.8 Å². The molecule has 21 heavy (non-hydrogen) atoms. The van der Waals surface area contributed by atoms with E-state index in [2.05, 4.69) is 15.6 Å². The summed E-state index contributed by atoms with van der Waals surface area (Å²) in [6, 6.07) is 9.58. The number of nitrogens with zero attached hydrogens (tertiary/aromatic N) is 1. The first-order chi connectivity index (χ1) is 10.1. The molecule has 0 unspecified atom stereocenters. The standard InChI is InChI=1S/C14H13F2N3OS/c1-17-12-8-9(6-7-18-12)13(20)19-10-4-2-3-5-11(10)21-14(15)16/h2-8,14H,1H3,(H,17,18)(H,19,20). The van der Waals surface area contributed by atoms with Gasteiger partial charge in [0.25, 0.3) is 11.7 Å². The first kappa shape index (κ1) is 15.2. The fourth-order valence-electron chi connectivity index (χ4n) is 1.67.